The molecule has 68 valence electrons. The van der Waals surface area contributed by atoms with Crippen molar-refractivity contribution in [1.29, 1.82) is 0 Å². The number of terminal acetylenes is 1. The summed E-state index contributed by atoms with van der Waals surface area (Å²) in [6.07, 6.45) is 7.08. The van der Waals surface area contributed by atoms with Gasteiger partial charge in [-0.05, 0) is 49.4 Å². The molecule has 0 radical (unpaired) electrons. The fraction of sp³-hybridized carbons (Fsp3) is 0.385. The minimum Gasteiger partial charge on any atom is -0.120 e. The second-order valence-corrected chi connectivity index (χ2v) is 3.57. The number of rotatable bonds is 2. The maximum atomic E-state index is 5.24. The van der Waals surface area contributed by atoms with Crippen molar-refractivity contribution < 1.29 is 0 Å². The molecule has 0 amide bonds. The van der Waals surface area contributed by atoms with Crippen LogP contribution in [0.1, 0.15) is 28.7 Å². The highest BCUT2D eigenvalue weighted by Gasteiger charge is 2.00. The second-order valence-electron chi connectivity index (χ2n) is 3.57. The van der Waals surface area contributed by atoms with Gasteiger partial charge >= 0.3 is 0 Å². The van der Waals surface area contributed by atoms with Crippen molar-refractivity contribution >= 4 is 0 Å². The summed E-state index contributed by atoms with van der Waals surface area (Å²) in [7, 11) is 0. The Hall–Kier alpha value is -1.22. The minimum atomic E-state index is 0.837. The Morgan fingerprint density at radius 1 is 1.08 bits per heavy atom. The quantitative estimate of drug-likeness (QED) is 0.601. The van der Waals surface area contributed by atoms with Gasteiger partial charge in [-0.3, -0.25) is 0 Å². The minimum absolute atomic E-state index is 0.837. The maximum Gasteiger partial charge on any atom is 0.0127 e. The summed E-state index contributed by atoms with van der Waals surface area (Å²) in [4.78, 5) is 0. The lowest BCUT2D eigenvalue weighted by Gasteiger charge is -2.08. The first-order valence-corrected chi connectivity index (χ1v) is 4.65. The summed E-state index contributed by atoms with van der Waals surface area (Å²) in [6, 6.07) is 4.49. The van der Waals surface area contributed by atoms with E-state index in [0.717, 1.165) is 12.8 Å². The van der Waals surface area contributed by atoms with Crippen molar-refractivity contribution in [2.24, 2.45) is 0 Å². The zero-order valence-electron chi connectivity index (χ0n) is 8.65. The van der Waals surface area contributed by atoms with Gasteiger partial charge in [0.1, 0.15) is 0 Å². The Morgan fingerprint density at radius 3 is 2.31 bits per heavy atom. The molecule has 0 N–H and O–H groups in total. The largest absolute Gasteiger partial charge is 0.120 e. The number of aryl methyl sites for hydroxylation is 4. The van der Waals surface area contributed by atoms with Gasteiger partial charge in [0, 0.05) is 6.42 Å². The fourth-order valence-corrected chi connectivity index (χ4v) is 1.50. The molecular weight excluding hydrogens is 156 g/mol. The summed E-state index contributed by atoms with van der Waals surface area (Å²) in [6.45, 7) is 6.44. The Bertz CT molecular complexity index is 340. The van der Waals surface area contributed by atoms with E-state index in [1.807, 2.05) is 0 Å². The van der Waals surface area contributed by atoms with Crippen molar-refractivity contribution in [3.63, 3.8) is 0 Å². The molecule has 0 aromatic heterocycles. The van der Waals surface area contributed by atoms with Crippen LogP contribution >= 0.6 is 0 Å². The van der Waals surface area contributed by atoms with Gasteiger partial charge in [0.15, 0.2) is 0 Å². The van der Waals surface area contributed by atoms with Crippen molar-refractivity contribution in [2.45, 2.75) is 33.6 Å². The van der Waals surface area contributed by atoms with E-state index in [9.17, 15) is 0 Å². The van der Waals surface area contributed by atoms with Gasteiger partial charge in [0.25, 0.3) is 0 Å². The highest BCUT2D eigenvalue weighted by Crippen LogP contribution is 2.16. The smallest absolute Gasteiger partial charge is 0.0127 e. The molecule has 1 aromatic carbocycles. The van der Waals surface area contributed by atoms with Crippen LogP contribution in [0.5, 0.6) is 0 Å². The van der Waals surface area contributed by atoms with Crippen LogP contribution in [0.3, 0.4) is 0 Å². The predicted octanol–water partition coefficient (Wildman–Crippen LogP) is 3.18. The fourth-order valence-electron chi connectivity index (χ4n) is 1.50. The molecule has 1 rings (SSSR count). The molecule has 0 saturated heterocycles. The van der Waals surface area contributed by atoms with E-state index in [-0.39, 0.29) is 0 Å². The van der Waals surface area contributed by atoms with E-state index in [1.165, 1.54) is 22.3 Å². The Morgan fingerprint density at radius 2 is 1.69 bits per heavy atom. The monoisotopic (exact) mass is 172 g/mol. The van der Waals surface area contributed by atoms with Crippen LogP contribution in [-0.2, 0) is 6.42 Å². The molecule has 13 heavy (non-hydrogen) atoms. The Labute approximate surface area is 81.0 Å². The highest BCUT2D eigenvalue weighted by atomic mass is 14.1. The first-order chi connectivity index (χ1) is 6.15. The zero-order valence-corrected chi connectivity index (χ0v) is 8.65. The SMILES string of the molecule is C#CCCc1cc(C)c(C)cc1C. The standard InChI is InChI=1S/C13H16/c1-5-6-7-13-9-11(3)10(2)8-12(13)4/h1,8-9H,6-7H2,2-4H3. The molecule has 0 bridgehead atoms. The van der Waals surface area contributed by atoms with E-state index < -0.39 is 0 Å². The van der Waals surface area contributed by atoms with Gasteiger partial charge in [0.05, 0.1) is 0 Å². The van der Waals surface area contributed by atoms with E-state index in [2.05, 4.69) is 38.8 Å². The number of benzene rings is 1. The van der Waals surface area contributed by atoms with Crippen LogP contribution in [0, 0.1) is 33.1 Å². The van der Waals surface area contributed by atoms with Crippen LogP contribution in [0.25, 0.3) is 0 Å². The molecule has 0 aliphatic heterocycles. The maximum absolute atomic E-state index is 5.24. The molecule has 0 heteroatoms. The molecule has 0 unspecified atom stereocenters. The van der Waals surface area contributed by atoms with Crippen molar-refractivity contribution in [1.82, 2.24) is 0 Å². The molecular formula is C13H16. The van der Waals surface area contributed by atoms with E-state index in [0.29, 0.717) is 0 Å². The van der Waals surface area contributed by atoms with Gasteiger partial charge in [-0.15, -0.1) is 12.3 Å². The van der Waals surface area contributed by atoms with Crippen LogP contribution in [0.15, 0.2) is 12.1 Å². The lowest BCUT2D eigenvalue weighted by atomic mass is 9.98. The number of hydrogen-bond donors (Lipinski definition) is 0. The average Bonchev–Trinajstić information content (AvgIpc) is 2.09. The summed E-state index contributed by atoms with van der Waals surface area (Å²) >= 11 is 0. The highest BCUT2D eigenvalue weighted by molar-refractivity contribution is 5.36. The molecule has 0 nitrogen and oxygen atoms in total. The first kappa shape index (κ1) is 9.86. The van der Waals surface area contributed by atoms with E-state index in [4.69, 9.17) is 6.42 Å². The molecule has 0 atom stereocenters. The molecule has 0 heterocycles. The molecule has 0 aliphatic rings. The van der Waals surface area contributed by atoms with Gasteiger partial charge in [0.2, 0.25) is 0 Å². The molecule has 0 saturated carbocycles. The van der Waals surface area contributed by atoms with Gasteiger partial charge in [-0.25, -0.2) is 0 Å². The van der Waals surface area contributed by atoms with Crippen LogP contribution in [0.2, 0.25) is 0 Å². The van der Waals surface area contributed by atoms with Crippen LogP contribution in [0.4, 0.5) is 0 Å². The zero-order chi connectivity index (χ0) is 9.84. The van der Waals surface area contributed by atoms with Crippen LogP contribution < -0.4 is 0 Å². The van der Waals surface area contributed by atoms with Crippen molar-refractivity contribution in [3.05, 3.63) is 34.4 Å². The normalized spacial score (nSPS) is 9.69. The first-order valence-electron chi connectivity index (χ1n) is 4.65. The molecule has 0 aliphatic carbocycles. The summed E-state index contributed by atoms with van der Waals surface area (Å²) in [5.41, 5.74) is 5.47. The van der Waals surface area contributed by atoms with Crippen molar-refractivity contribution in [3.8, 4) is 12.3 Å². The molecule has 1 aromatic rings. The third-order valence-corrected chi connectivity index (χ3v) is 2.49. The Kier molecular flexibility index (Phi) is 3.14. The topological polar surface area (TPSA) is 0 Å². The van der Waals surface area contributed by atoms with E-state index in [1.54, 1.807) is 0 Å². The average molecular weight is 172 g/mol. The lowest BCUT2D eigenvalue weighted by Crippen LogP contribution is -1.92. The lowest BCUT2D eigenvalue weighted by molar-refractivity contribution is 1.00. The third kappa shape index (κ3) is 2.36. The molecule has 0 spiro atoms. The second kappa shape index (κ2) is 4.14. The van der Waals surface area contributed by atoms with E-state index >= 15 is 0 Å². The van der Waals surface area contributed by atoms with Crippen LogP contribution in [-0.4, -0.2) is 0 Å². The third-order valence-electron chi connectivity index (χ3n) is 2.49. The van der Waals surface area contributed by atoms with Crippen molar-refractivity contribution in [2.75, 3.05) is 0 Å². The van der Waals surface area contributed by atoms with Gasteiger partial charge in [-0.1, -0.05) is 12.1 Å². The predicted molar refractivity (Wildman–Crippen MR) is 57.8 cm³/mol. The molecule has 0 fully saturated rings. The summed E-state index contributed by atoms with van der Waals surface area (Å²) < 4.78 is 0. The van der Waals surface area contributed by atoms with Gasteiger partial charge < -0.3 is 0 Å². The number of hydrogen-bond acceptors (Lipinski definition) is 0. The summed E-state index contributed by atoms with van der Waals surface area (Å²) in [5.74, 6) is 2.68. The summed E-state index contributed by atoms with van der Waals surface area (Å²) in [5, 5.41) is 0. The Balaban J connectivity index is 2.96. The van der Waals surface area contributed by atoms with Gasteiger partial charge in [-0.2, -0.15) is 0 Å².